The van der Waals surface area contributed by atoms with E-state index in [1.807, 2.05) is 54.6 Å². The van der Waals surface area contributed by atoms with Crippen molar-refractivity contribution < 1.29 is 9.84 Å². The van der Waals surface area contributed by atoms with E-state index in [1.54, 1.807) is 4.80 Å². The molecule has 1 N–H and O–H groups in total. The lowest BCUT2D eigenvalue weighted by Crippen LogP contribution is -2.03. The fourth-order valence-corrected chi connectivity index (χ4v) is 2.04. The third kappa shape index (κ3) is 3.48. The number of aromatic nitrogens is 4. The van der Waals surface area contributed by atoms with Gasteiger partial charge in [-0.3, -0.25) is 0 Å². The van der Waals surface area contributed by atoms with Gasteiger partial charge in [-0.1, -0.05) is 30.3 Å². The second kappa shape index (κ2) is 6.82. The van der Waals surface area contributed by atoms with Gasteiger partial charge < -0.3 is 9.84 Å². The number of hydrogen-bond donors (Lipinski definition) is 1. The first-order chi connectivity index (χ1) is 10.8. The first-order valence-electron chi connectivity index (χ1n) is 7.01. The van der Waals surface area contributed by atoms with E-state index in [0.717, 1.165) is 11.1 Å². The second-order valence-corrected chi connectivity index (χ2v) is 4.73. The van der Waals surface area contributed by atoms with Crippen molar-refractivity contribution in [2.45, 2.75) is 6.54 Å². The molecule has 0 aliphatic rings. The third-order valence-corrected chi connectivity index (χ3v) is 3.09. The molecule has 0 saturated heterocycles. The van der Waals surface area contributed by atoms with E-state index in [4.69, 9.17) is 9.84 Å². The van der Waals surface area contributed by atoms with Crippen LogP contribution in [0.15, 0.2) is 54.6 Å². The Morgan fingerprint density at radius 1 is 1.00 bits per heavy atom. The normalized spacial score (nSPS) is 10.6. The molecule has 0 spiro atoms. The molecule has 0 atom stereocenters. The molecule has 2 aromatic carbocycles. The molecule has 0 aliphatic heterocycles. The van der Waals surface area contributed by atoms with E-state index < -0.39 is 0 Å². The standard InChI is InChI=1S/C16H16N4O2/c21-10-11-22-15-8-6-14(7-9-15)16-17-19-20(18-16)12-13-4-2-1-3-5-13/h1-9,21H,10-12H2. The van der Waals surface area contributed by atoms with Crippen LogP contribution in [0.4, 0.5) is 0 Å². The van der Waals surface area contributed by atoms with Crippen molar-refractivity contribution in [2.24, 2.45) is 0 Å². The van der Waals surface area contributed by atoms with E-state index in [0.29, 0.717) is 18.1 Å². The quantitative estimate of drug-likeness (QED) is 0.750. The van der Waals surface area contributed by atoms with Crippen molar-refractivity contribution >= 4 is 0 Å². The predicted octanol–water partition coefficient (Wildman–Crippen LogP) is 1.76. The summed E-state index contributed by atoms with van der Waals surface area (Å²) in [6.07, 6.45) is 0. The van der Waals surface area contributed by atoms with Crippen LogP contribution in [0.1, 0.15) is 5.56 Å². The Kier molecular flexibility index (Phi) is 4.41. The topological polar surface area (TPSA) is 73.1 Å². The van der Waals surface area contributed by atoms with Gasteiger partial charge in [0.25, 0.3) is 0 Å². The highest BCUT2D eigenvalue weighted by Crippen LogP contribution is 2.18. The molecule has 1 heterocycles. The molecule has 112 valence electrons. The molecule has 0 amide bonds. The van der Waals surface area contributed by atoms with Crippen LogP contribution in [0.25, 0.3) is 11.4 Å². The molecule has 0 radical (unpaired) electrons. The molecule has 0 saturated carbocycles. The van der Waals surface area contributed by atoms with Crippen molar-refractivity contribution in [1.82, 2.24) is 20.2 Å². The number of aliphatic hydroxyl groups excluding tert-OH is 1. The monoisotopic (exact) mass is 296 g/mol. The molecule has 3 aromatic rings. The third-order valence-electron chi connectivity index (χ3n) is 3.09. The highest BCUT2D eigenvalue weighted by atomic mass is 16.5. The van der Waals surface area contributed by atoms with E-state index >= 15 is 0 Å². The van der Waals surface area contributed by atoms with Gasteiger partial charge in [0.15, 0.2) is 0 Å². The lowest BCUT2D eigenvalue weighted by Gasteiger charge is -2.03. The smallest absolute Gasteiger partial charge is 0.204 e. The van der Waals surface area contributed by atoms with Crippen LogP contribution in [-0.2, 0) is 6.54 Å². The van der Waals surface area contributed by atoms with Gasteiger partial charge in [0.2, 0.25) is 5.82 Å². The lowest BCUT2D eigenvalue weighted by molar-refractivity contribution is 0.201. The maximum atomic E-state index is 8.73. The molecule has 22 heavy (non-hydrogen) atoms. The molecule has 3 rings (SSSR count). The fraction of sp³-hybridized carbons (Fsp3) is 0.188. The van der Waals surface area contributed by atoms with Gasteiger partial charge >= 0.3 is 0 Å². The van der Waals surface area contributed by atoms with E-state index in [9.17, 15) is 0 Å². The summed E-state index contributed by atoms with van der Waals surface area (Å²) in [5.74, 6) is 1.28. The number of rotatable bonds is 6. The van der Waals surface area contributed by atoms with Crippen molar-refractivity contribution in [3.63, 3.8) is 0 Å². The molecule has 1 aromatic heterocycles. The largest absolute Gasteiger partial charge is 0.491 e. The maximum absolute atomic E-state index is 8.73. The van der Waals surface area contributed by atoms with Gasteiger partial charge in [0.05, 0.1) is 13.2 Å². The predicted molar refractivity (Wildman–Crippen MR) is 81.4 cm³/mol. The van der Waals surface area contributed by atoms with Gasteiger partial charge in [-0.15, -0.1) is 10.2 Å². The molecule has 0 aliphatic carbocycles. The SMILES string of the molecule is OCCOc1ccc(-c2nnn(Cc3ccccc3)n2)cc1. The Balaban J connectivity index is 1.70. The molecule has 0 bridgehead atoms. The molecule has 6 nitrogen and oxygen atoms in total. The van der Waals surface area contributed by atoms with E-state index in [-0.39, 0.29) is 13.2 Å². The van der Waals surface area contributed by atoms with Gasteiger partial charge in [0.1, 0.15) is 12.4 Å². The summed E-state index contributed by atoms with van der Waals surface area (Å²) in [5, 5.41) is 21.3. The van der Waals surface area contributed by atoms with Crippen LogP contribution in [0.3, 0.4) is 0 Å². The summed E-state index contributed by atoms with van der Waals surface area (Å²) in [5.41, 5.74) is 2.00. The minimum atomic E-state index is -0.00286. The van der Waals surface area contributed by atoms with E-state index in [2.05, 4.69) is 15.4 Å². The maximum Gasteiger partial charge on any atom is 0.204 e. The van der Waals surface area contributed by atoms with Crippen LogP contribution in [0, 0.1) is 0 Å². The zero-order chi connectivity index (χ0) is 15.2. The highest BCUT2D eigenvalue weighted by Gasteiger charge is 2.06. The van der Waals surface area contributed by atoms with Gasteiger partial charge in [-0.25, -0.2) is 0 Å². The molecule has 6 heteroatoms. The summed E-state index contributed by atoms with van der Waals surface area (Å²) in [4.78, 5) is 1.57. The number of benzene rings is 2. The number of ether oxygens (including phenoxy) is 1. The Hall–Kier alpha value is -2.73. The van der Waals surface area contributed by atoms with Gasteiger partial charge in [0, 0.05) is 5.56 Å². The van der Waals surface area contributed by atoms with Crippen LogP contribution < -0.4 is 4.74 Å². The van der Waals surface area contributed by atoms with E-state index in [1.165, 1.54) is 0 Å². The minimum absolute atomic E-state index is 0.00286. The number of aliphatic hydroxyl groups is 1. The zero-order valence-corrected chi connectivity index (χ0v) is 12.0. The molecule has 0 fully saturated rings. The van der Waals surface area contributed by atoms with Crippen molar-refractivity contribution in [1.29, 1.82) is 0 Å². The van der Waals surface area contributed by atoms with Gasteiger partial charge in [-0.05, 0) is 35.0 Å². The summed E-state index contributed by atoms with van der Waals surface area (Å²) >= 11 is 0. The average molecular weight is 296 g/mol. The Morgan fingerprint density at radius 3 is 2.50 bits per heavy atom. The molecular weight excluding hydrogens is 280 g/mol. The zero-order valence-electron chi connectivity index (χ0n) is 12.0. The number of tetrazole rings is 1. The van der Waals surface area contributed by atoms with Crippen LogP contribution in [-0.4, -0.2) is 38.5 Å². The summed E-state index contributed by atoms with van der Waals surface area (Å²) in [6, 6.07) is 17.4. The number of hydrogen-bond acceptors (Lipinski definition) is 5. The van der Waals surface area contributed by atoms with Crippen LogP contribution in [0.2, 0.25) is 0 Å². The molecule has 0 unspecified atom stereocenters. The minimum Gasteiger partial charge on any atom is -0.491 e. The Morgan fingerprint density at radius 2 is 1.77 bits per heavy atom. The van der Waals surface area contributed by atoms with Crippen LogP contribution >= 0.6 is 0 Å². The fourth-order valence-electron chi connectivity index (χ4n) is 2.04. The number of nitrogens with zero attached hydrogens (tertiary/aromatic N) is 4. The Bertz CT molecular complexity index is 711. The van der Waals surface area contributed by atoms with Crippen molar-refractivity contribution in [3.05, 3.63) is 60.2 Å². The first-order valence-corrected chi connectivity index (χ1v) is 7.01. The second-order valence-electron chi connectivity index (χ2n) is 4.73. The lowest BCUT2D eigenvalue weighted by atomic mass is 10.2. The summed E-state index contributed by atoms with van der Waals surface area (Å²) in [6.45, 7) is 0.869. The molecular formula is C16H16N4O2. The highest BCUT2D eigenvalue weighted by molar-refractivity contribution is 5.55. The Labute approximate surface area is 128 Å². The average Bonchev–Trinajstić information content (AvgIpc) is 3.03. The van der Waals surface area contributed by atoms with Crippen molar-refractivity contribution in [3.8, 4) is 17.1 Å². The summed E-state index contributed by atoms with van der Waals surface area (Å²) in [7, 11) is 0. The van der Waals surface area contributed by atoms with Crippen LogP contribution in [0.5, 0.6) is 5.75 Å². The summed E-state index contributed by atoms with van der Waals surface area (Å²) < 4.78 is 5.32. The first kappa shape index (κ1) is 14.2. The van der Waals surface area contributed by atoms with Gasteiger partial charge in [-0.2, -0.15) is 4.80 Å². The van der Waals surface area contributed by atoms with Crippen molar-refractivity contribution in [2.75, 3.05) is 13.2 Å².